The Hall–Kier alpha value is -4.28. The molecule has 2 N–H and O–H groups in total. The summed E-state index contributed by atoms with van der Waals surface area (Å²) in [5.74, 6) is -0.866. The van der Waals surface area contributed by atoms with E-state index in [4.69, 9.17) is 5.41 Å². The molecule has 5 rings (SSSR count). The Labute approximate surface area is 238 Å². The number of Topliss-reactive ketones (excluding diaryl/α,β-unsaturated/α-hetero) is 1. The third-order valence-electron chi connectivity index (χ3n) is 8.06. The summed E-state index contributed by atoms with van der Waals surface area (Å²) in [4.78, 5) is 42.8. The van der Waals surface area contributed by atoms with Gasteiger partial charge in [-0.2, -0.15) is 5.10 Å². The van der Waals surface area contributed by atoms with Crippen LogP contribution in [0.25, 0.3) is 16.5 Å². The molecule has 3 atom stereocenters. The standard InChI is InChI=1S/C30H36FN7O3/c1-4-20(12-32)21-7-8-27-25(10-21)26(19(2)39)17-37(27)18-29(40)38-14-22(31)11-28(38)30(41)34-23-6-5-9-36(15-23)24-13-33-35(3)16-24/h4,7-8,10,12-13,16-17,22-23,28,32H,5-6,9,11,14-15,18H2,1-3H3,(H,34,41)/b20-4+,32-12?/t22-,23?,28+/m1/s1. The summed E-state index contributed by atoms with van der Waals surface area (Å²) in [7, 11) is 1.86. The van der Waals surface area contributed by atoms with E-state index in [9.17, 15) is 18.8 Å². The average Bonchev–Trinajstić information content (AvgIpc) is 3.66. The maximum atomic E-state index is 14.6. The highest BCUT2D eigenvalue weighted by atomic mass is 19.1. The molecule has 0 spiro atoms. The van der Waals surface area contributed by atoms with Crippen molar-refractivity contribution in [2.75, 3.05) is 24.5 Å². The zero-order chi connectivity index (χ0) is 29.3. The van der Waals surface area contributed by atoms with Crippen LogP contribution in [0.3, 0.4) is 0 Å². The van der Waals surface area contributed by atoms with E-state index < -0.39 is 12.2 Å². The fraction of sp³-hybridized carbons (Fsp3) is 0.433. The molecule has 2 aliphatic heterocycles. The Morgan fingerprint density at radius 2 is 2.02 bits per heavy atom. The molecule has 2 saturated heterocycles. The number of alkyl halides is 1. The summed E-state index contributed by atoms with van der Waals surface area (Å²) < 4.78 is 18.1. The molecule has 216 valence electrons. The van der Waals surface area contributed by atoms with Crippen molar-refractivity contribution in [2.24, 2.45) is 7.05 Å². The van der Waals surface area contributed by atoms with Crippen molar-refractivity contribution in [1.82, 2.24) is 24.6 Å². The summed E-state index contributed by atoms with van der Waals surface area (Å²) in [5.41, 5.74) is 3.64. The van der Waals surface area contributed by atoms with Crippen LogP contribution < -0.4 is 10.2 Å². The number of aromatic nitrogens is 3. The van der Waals surface area contributed by atoms with Gasteiger partial charge in [0, 0.05) is 67.7 Å². The van der Waals surface area contributed by atoms with Gasteiger partial charge >= 0.3 is 0 Å². The molecule has 0 bridgehead atoms. The molecule has 3 aromatic rings. The molecule has 0 aliphatic carbocycles. The summed E-state index contributed by atoms with van der Waals surface area (Å²) >= 11 is 0. The molecule has 4 heterocycles. The molecular weight excluding hydrogens is 525 g/mol. The summed E-state index contributed by atoms with van der Waals surface area (Å²) in [5, 5.41) is 15.6. The first-order valence-corrected chi connectivity index (χ1v) is 14.0. The number of carbonyl (C=O) groups is 3. The first-order valence-electron chi connectivity index (χ1n) is 14.0. The van der Waals surface area contributed by atoms with Gasteiger partial charge in [-0.1, -0.05) is 12.1 Å². The fourth-order valence-electron chi connectivity index (χ4n) is 5.97. The Kier molecular flexibility index (Phi) is 8.05. The minimum absolute atomic E-state index is 0.0408. The average molecular weight is 562 g/mol. The van der Waals surface area contributed by atoms with Crippen molar-refractivity contribution < 1.29 is 18.8 Å². The molecule has 11 heteroatoms. The van der Waals surface area contributed by atoms with E-state index in [1.165, 1.54) is 18.0 Å². The molecule has 2 aliphatic rings. The molecule has 41 heavy (non-hydrogen) atoms. The van der Waals surface area contributed by atoms with Gasteiger partial charge in [0.25, 0.3) is 0 Å². The van der Waals surface area contributed by atoms with E-state index in [0.29, 0.717) is 28.6 Å². The number of hydrogen-bond donors (Lipinski definition) is 2. The highest BCUT2D eigenvalue weighted by Crippen LogP contribution is 2.28. The van der Waals surface area contributed by atoms with E-state index in [0.717, 1.165) is 30.6 Å². The maximum absolute atomic E-state index is 14.6. The van der Waals surface area contributed by atoms with Crippen LogP contribution in [0.5, 0.6) is 0 Å². The first-order chi connectivity index (χ1) is 19.7. The number of halogens is 1. The number of nitrogens with one attached hydrogen (secondary N) is 2. The van der Waals surface area contributed by atoms with Gasteiger partial charge in [-0.05, 0) is 50.0 Å². The van der Waals surface area contributed by atoms with E-state index >= 15 is 0 Å². The molecule has 1 aromatic carbocycles. The van der Waals surface area contributed by atoms with Crippen molar-refractivity contribution in [3.8, 4) is 0 Å². The summed E-state index contributed by atoms with van der Waals surface area (Å²) in [6, 6.07) is 4.50. The van der Waals surface area contributed by atoms with Gasteiger partial charge < -0.3 is 25.1 Å². The fourth-order valence-corrected chi connectivity index (χ4v) is 5.97. The second-order valence-corrected chi connectivity index (χ2v) is 10.9. The number of piperidine rings is 1. The quantitative estimate of drug-likeness (QED) is 0.323. The van der Waals surface area contributed by atoms with Crippen molar-refractivity contribution in [2.45, 2.75) is 57.9 Å². The first kappa shape index (κ1) is 28.3. The Morgan fingerprint density at radius 1 is 1.22 bits per heavy atom. The van der Waals surface area contributed by atoms with Crippen LogP contribution in [0.1, 0.15) is 49.0 Å². The third-order valence-corrected chi connectivity index (χ3v) is 8.06. The number of allylic oxidation sites excluding steroid dienone is 2. The molecule has 0 radical (unpaired) electrons. The molecule has 1 unspecified atom stereocenters. The molecule has 2 aromatic heterocycles. The van der Waals surface area contributed by atoms with E-state index in [2.05, 4.69) is 15.3 Å². The number of anilines is 1. The second kappa shape index (κ2) is 11.7. The van der Waals surface area contributed by atoms with Crippen LogP contribution in [0.2, 0.25) is 0 Å². The topological polar surface area (TPSA) is 116 Å². The lowest BCUT2D eigenvalue weighted by molar-refractivity contribution is -0.139. The number of hydrogen-bond acceptors (Lipinski definition) is 6. The highest BCUT2D eigenvalue weighted by molar-refractivity contribution is 6.12. The SMILES string of the molecule is C/C=C(\C=N)c1ccc2c(c1)c(C(C)=O)cn2CC(=O)N1C[C@H](F)C[C@H]1C(=O)NC1CCCN(c2cnn(C)c2)C1. The smallest absolute Gasteiger partial charge is 0.243 e. The number of ketones is 1. The molecule has 2 amide bonds. The van der Waals surface area contributed by atoms with E-state index in [1.54, 1.807) is 21.6 Å². The van der Waals surface area contributed by atoms with E-state index in [1.807, 2.05) is 44.4 Å². The zero-order valence-corrected chi connectivity index (χ0v) is 23.6. The van der Waals surface area contributed by atoms with Crippen LogP contribution >= 0.6 is 0 Å². The number of nitrogens with zero attached hydrogens (tertiary/aromatic N) is 5. The predicted octanol–water partition coefficient (Wildman–Crippen LogP) is 3.35. The lowest BCUT2D eigenvalue weighted by Crippen LogP contribution is -2.53. The van der Waals surface area contributed by atoms with Crippen LogP contribution in [0, 0.1) is 5.41 Å². The van der Waals surface area contributed by atoms with Gasteiger partial charge in [0.2, 0.25) is 11.8 Å². The largest absolute Gasteiger partial charge is 0.367 e. The van der Waals surface area contributed by atoms with Crippen molar-refractivity contribution in [3.63, 3.8) is 0 Å². The Balaban J connectivity index is 1.32. The van der Waals surface area contributed by atoms with Gasteiger partial charge in [0.15, 0.2) is 5.78 Å². The molecule has 0 saturated carbocycles. The normalized spacial score (nSPS) is 21.4. The number of likely N-dealkylation sites (tertiary alicyclic amines) is 1. The van der Waals surface area contributed by atoms with Crippen LogP contribution in [0.15, 0.2) is 42.9 Å². The van der Waals surface area contributed by atoms with E-state index in [-0.39, 0.29) is 43.1 Å². The molecule has 10 nitrogen and oxygen atoms in total. The van der Waals surface area contributed by atoms with Gasteiger partial charge in [0.05, 0.1) is 18.4 Å². The maximum Gasteiger partial charge on any atom is 0.243 e. The lowest BCUT2D eigenvalue weighted by atomic mass is 10.0. The summed E-state index contributed by atoms with van der Waals surface area (Å²) in [6.07, 6.45) is 8.82. The summed E-state index contributed by atoms with van der Waals surface area (Å²) in [6.45, 7) is 4.52. The predicted molar refractivity (Wildman–Crippen MR) is 156 cm³/mol. The van der Waals surface area contributed by atoms with Crippen LogP contribution in [-0.2, 0) is 23.2 Å². The van der Waals surface area contributed by atoms with Gasteiger partial charge in [-0.25, -0.2) is 4.39 Å². The number of fused-ring (bicyclic) bond motifs is 1. The minimum Gasteiger partial charge on any atom is -0.367 e. The van der Waals surface area contributed by atoms with Gasteiger partial charge in [0.1, 0.15) is 18.8 Å². The van der Waals surface area contributed by atoms with Crippen molar-refractivity contribution >= 4 is 46.0 Å². The number of aryl methyl sites for hydroxylation is 1. The Morgan fingerprint density at radius 3 is 2.71 bits per heavy atom. The second-order valence-electron chi connectivity index (χ2n) is 10.9. The minimum atomic E-state index is -1.29. The number of rotatable bonds is 8. The monoisotopic (exact) mass is 561 g/mol. The zero-order valence-electron chi connectivity index (χ0n) is 23.6. The number of amides is 2. The highest BCUT2D eigenvalue weighted by Gasteiger charge is 2.40. The van der Waals surface area contributed by atoms with Crippen molar-refractivity contribution in [1.29, 1.82) is 5.41 Å². The number of carbonyl (C=O) groups excluding carboxylic acids is 3. The van der Waals surface area contributed by atoms with Gasteiger partial charge in [-0.15, -0.1) is 0 Å². The Bertz CT molecular complexity index is 1520. The van der Waals surface area contributed by atoms with Crippen molar-refractivity contribution in [3.05, 3.63) is 54.0 Å². The number of benzene rings is 1. The lowest BCUT2D eigenvalue weighted by Gasteiger charge is -2.35. The molecule has 2 fully saturated rings. The third kappa shape index (κ3) is 5.79. The molecular formula is C30H36FN7O3. The van der Waals surface area contributed by atoms with Crippen LogP contribution in [-0.4, -0.2) is 80.9 Å². The van der Waals surface area contributed by atoms with Gasteiger partial charge in [-0.3, -0.25) is 19.1 Å². The van der Waals surface area contributed by atoms with Crippen LogP contribution in [0.4, 0.5) is 10.1 Å².